The zero-order chi connectivity index (χ0) is 34.9. The zero-order valence-electron chi connectivity index (χ0n) is 30.0. The van der Waals surface area contributed by atoms with E-state index in [0.29, 0.717) is 6.04 Å². The maximum absolute atomic E-state index is 5.72. The lowest BCUT2D eigenvalue weighted by atomic mass is 9.94. The Bertz CT molecular complexity index is 1840. The molecule has 2 heterocycles. The Morgan fingerprint density at radius 1 is 0.820 bits per heavy atom. The Morgan fingerprint density at radius 2 is 1.62 bits per heavy atom. The van der Waals surface area contributed by atoms with E-state index in [0.717, 1.165) is 91.7 Å². The van der Waals surface area contributed by atoms with Crippen LogP contribution in [0, 0.1) is 6.92 Å². The van der Waals surface area contributed by atoms with Crippen molar-refractivity contribution in [2.45, 2.75) is 45.2 Å². The molecule has 260 valence electrons. The van der Waals surface area contributed by atoms with Gasteiger partial charge < -0.3 is 23.8 Å². The molecule has 0 bridgehead atoms. The quantitative estimate of drug-likeness (QED) is 0.149. The van der Waals surface area contributed by atoms with Gasteiger partial charge in [-0.15, -0.1) is 0 Å². The highest BCUT2D eigenvalue weighted by atomic mass is 16.5. The minimum absolute atomic E-state index is 0.403. The summed E-state index contributed by atoms with van der Waals surface area (Å²) in [6.45, 7) is 5.85. The molecule has 3 aromatic carbocycles. The standard InChI is InChI=1S/C43H49N3O4/c1-31-24-36(28-42(49-4)43(31)50-5)34-11-8-6-7-10-32(25-34)30-46(37-14-16-39(47-2)17-15-37)38-19-22-45(23-20-38)29-33-18-21-44-41(26-33)35-12-9-13-40(27-35)48-3/h6-7,9-10,12-18,21,24-28,38H,8,11,19-20,22-23,29-30H2,1-5H3/b7-6-,32-10+,34-25+. The smallest absolute Gasteiger partial charge is 0.163 e. The summed E-state index contributed by atoms with van der Waals surface area (Å²) >= 11 is 0. The Balaban J connectivity index is 1.21. The fraction of sp³-hybridized carbons (Fsp3) is 0.326. The monoisotopic (exact) mass is 671 g/mol. The fourth-order valence-electron chi connectivity index (χ4n) is 7.10. The van der Waals surface area contributed by atoms with E-state index in [1.54, 1.807) is 28.4 Å². The number of allylic oxidation sites excluding steroid dienone is 4. The molecule has 0 unspecified atom stereocenters. The molecular weight excluding hydrogens is 622 g/mol. The molecule has 1 aromatic heterocycles. The molecule has 0 spiro atoms. The highest BCUT2D eigenvalue weighted by Crippen LogP contribution is 2.37. The van der Waals surface area contributed by atoms with Gasteiger partial charge in [0.05, 0.1) is 34.1 Å². The molecule has 6 rings (SSSR count). The lowest BCUT2D eigenvalue weighted by Gasteiger charge is -2.40. The van der Waals surface area contributed by atoms with Gasteiger partial charge in [-0.05, 0) is 121 Å². The molecule has 0 atom stereocenters. The van der Waals surface area contributed by atoms with Crippen LogP contribution in [0.1, 0.15) is 42.4 Å². The third kappa shape index (κ3) is 8.40. The van der Waals surface area contributed by atoms with Gasteiger partial charge in [-0.3, -0.25) is 9.88 Å². The molecular formula is C43H49N3O4. The first-order valence-corrected chi connectivity index (χ1v) is 17.5. The van der Waals surface area contributed by atoms with Crippen LogP contribution in [0.15, 0.2) is 109 Å². The highest BCUT2D eigenvalue weighted by molar-refractivity contribution is 5.72. The SMILES string of the molecule is COc1ccc(N(CC2=C/C=C\CC/C(c3cc(C)c(OC)c(OC)c3)=C\2)C2CCN(Cc3ccnc(-c4cccc(OC)c4)c3)CC2)cc1. The Hall–Kier alpha value is -5.01. The molecule has 0 saturated carbocycles. The van der Waals surface area contributed by atoms with Crippen LogP contribution in [0.3, 0.4) is 0 Å². The third-order valence-electron chi connectivity index (χ3n) is 9.77. The topological polar surface area (TPSA) is 56.3 Å². The van der Waals surface area contributed by atoms with E-state index in [-0.39, 0.29) is 0 Å². The number of ether oxygens (including phenoxy) is 4. The van der Waals surface area contributed by atoms with E-state index >= 15 is 0 Å². The number of rotatable bonds is 12. The molecule has 1 aliphatic carbocycles. The number of methoxy groups -OCH3 is 4. The summed E-state index contributed by atoms with van der Waals surface area (Å²) in [5.41, 5.74) is 9.36. The van der Waals surface area contributed by atoms with Crippen molar-refractivity contribution in [3.63, 3.8) is 0 Å². The summed E-state index contributed by atoms with van der Waals surface area (Å²) in [6, 6.07) is 25.7. The summed E-state index contributed by atoms with van der Waals surface area (Å²) in [6.07, 6.45) is 15.2. The maximum Gasteiger partial charge on any atom is 0.163 e. The Morgan fingerprint density at radius 3 is 2.36 bits per heavy atom. The van der Waals surface area contributed by atoms with Gasteiger partial charge in [0, 0.05) is 49.7 Å². The molecule has 4 aromatic rings. The number of hydrogen-bond acceptors (Lipinski definition) is 7. The van der Waals surface area contributed by atoms with Crippen LogP contribution in [-0.2, 0) is 6.54 Å². The number of aryl methyl sites for hydroxylation is 1. The molecule has 1 fully saturated rings. The lowest BCUT2D eigenvalue weighted by Crippen LogP contribution is -2.45. The second-order valence-electron chi connectivity index (χ2n) is 13.0. The Labute approximate surface area is 297 Å². The van der Waals surface area contributed by atoms with Gasteiger partial charge >= 0.3 is 0 Å². The first-order chi connectivity index (χ1) is 24.5. The predicted octanol–water partition coefficient (Wildman–Crippen LogP) is 8.92. The molecule has 1 aliphatic heterocycles. The summed E-state index contributed by atoms with van der Waals surface area (Å²) < 4.78 is 22.3. The molecule has 7 nitrogen and oxygen atoms in total. The number of pyridine rings is 1. The average Bonchev–Trinajstić information content (AvgIpc) is 3.15. The fourth-order valence-corrected chi connectivity index (χ4v) is 7.10. The second kappa shape index (κ2) is 16.6. The van der Waals surface area contributed by atoms with Crippen LogP contribution < -0.4 is 23.8 Å². The highest BCUT2D eigenvalue weighted by Gasteiger charge is 2.26. The number of hydrogen-bond donors (Lipinski definition) is 0. The van der Waals surface area contributed by atoms with Crippen LogP contribution in [0.25, 0.3) is 16.8 Å². The van der Waals surface area contributed by atoms with Gasteiger partial charge in [0.1, 0.15) is 11.5 Å². The van der Waals surface area contributed by atoms with Crippen LogP contribution >= 0.6 is 0 Å². The molecule has 0 N–H and O–H groups in total. The second-order valence-corrected chi connectivity index (χ2v) is 13.0. The van der Waals surface area contributed by atoms with Crippen molar-refractivity contribution in [2.75, 3.05) is 53.0 Å². The number of anilines is 1. The number of piperidine rings is 1. The van der Waals surface area contributed by atoms with Gasteiger partial charge in [0.25, 0.3) is 0 Å². The van der Waals surface area contributed by atoms with Gasteiger partial charge in [-0.2, -0.15) is 0 Å². The normalized spacial score (nSPS) is 18.1. The first-order valence-electron chi connectivity index (χ1n) is 17.5. The van der Waals surface area contributed by atoms with Crippen LogP contribution in [0.2, 0.25) is 0 Å². The van der Waals surface area contributed by atoms with E-state index < -0.39 is 0 Å². The van der Waals surface area contributed by atoms with Crippen molar-refractivity contribution >= 4 is 11.3 Å². The molecule has 50 heavy (non-hydrogen) atoms. The maximum atomic E-state index is 5.72. The van der Waals surface area contributed by atoms with Crippen molar-refractivity contribution in [3.05, 3.63) is 126 Å². The number of benzene rings is 3. The van der Waals surface area contributed by atoms with Crippen molar-refractivity contribution in [3.8, 4) is 34.3 Å². The zero-order valence-corrected chi connectivity index (χ0v) is 30.0. The van der Waals surface area contributed by atoms with E-state index in [1.165, 1.54) is 28.0 Å². The molecule has 2 aliphatic rings. The van der Waals surface area contributed by atoms with Crippen molar-refractivity contribution in [1.82, 2.24) is 9.88 Å². The predicted molar refractivity (Wildman–Crippen MR) is 204 cm³/mol. The lowest BCUT2D eigenvalue weighted by molar-refractivity contribution is 0.202. The van der Waals surface area contributed by atoms with Gasteiger partial charge in [-0.25, -0.2) is 0 Å². The summed E-state index contributed by atoms with van der Waals surface area (Å²) in [4.78, 5) is 9.82. The largest absolute Gasteiger partial charge is 0.497 e. The first kappa shape index (κ1) is 34.8. The van der Waals surface area contributed by atoms with E-state index in [2.05, 4.69) is 101 Å². The minimum atomic E-state index is 0.403. The summed E-state index contributed by atoms with van der Waals surface area (Å²) in [5, 5.41) is 0. The van der Waals surface area contributed by atoms with E-state index in [1.807, 2.05) is 24.4 Å². The number of likely N-dealkylation sites (tertiary alicyclic amines) is 1. The van der Waals surface area contributed by atoms with E-state index in [4.69, 9.17) is 18.9 Å². The van der Waals surface area contributed by atoms with Gasteiger partial charge in [-0.1, -0.05) is 36.4 Å². The Kier molecular flexibility index (Phi) is 11.6. The van der Waals surface area contributed by atoms with Gasteiger partial charge in [0.2, 0.25) is 0 Å². The molecule has 7 heteroatoms. The molecule has 0 radical (unpaired) electrons. The van der Waals surface area contributed by atoms with E-state index in [9.17, 15) is 0 Å². The molecule has 1 saturated heterocycles. The number of nitrogens with zero attached hydrogens (tertiary/aromatic N) is 3. The van der Waals surface area contributed by atoms with Crippen LogP contribution in [0.5, 0.6) is 23.0 Å². The minimum Gasteiger partial charge on any atom is -0.497 e. The van der Waals surface area contributed by atoms with Crippen molar-refractivity contribution in [2.24, 2.45) is 0 Å². The average molecular weight is 672 g/mol. The molecule has 0 amide bonds. The van der Waals surface area contributed by atoms with Gasteiger partial charge in [0.15, 0.2) is 11.5 Å². The van der Waals surface area contributed by atoms with Crippen molar-refractivity contribution in [1.29, 1.82) is 0 Å². The van der Waals surface area contributed by atoms with Crippen molar-refractivity contribution < 1.29 is 18.9 Å². The third-order valence-corrected chi connectivity index (χ3v) is 9.77. The number of aromatic nitrogens is 1. The van der Waals surface area contributed by atoms with Crippen LogP contribution in [-0.4, -0.2) is 64.0 Å². The summed E-state index contributed by atoms with van der Waals surface area (Å²) in [5.74, 6) is 3.26. The summed E-state index contributed by atoms with van der Waals surface area (Å²) in [7, 11) is 6.82. The van der Waals surface area contributed by atoms with Crippen LogP contribution in [0.4, 0.5) is 5.69 Å².